The lowest BCUT2D eigenvalue weighted by atomic mass is 10.3. The Kier molecular flexibility index (Phi) is 7.23. The molecular formula is C16H11Cl3N2O6. The van der Waals surface area contributed by atoms with Crippen molar-refractivity contribution in [2.75, 3.05) is 18.5 Å². The molecule has 0 spiro atoms. The number of carbonyl (C=O) groups is 2. The molecule has 0 aromatic heterocycles. The van der Waals surface area contributed by atoms with Gasteiger partial charge in [-0.25, -0.2) is 4.79 Å². The average molecular weight is 434 g/mol. The third kappa shape index (κ3) is 6.28. The SMILES string of the molecule is O=C(COC(=O)COc1ccc(Cl)cc1Cl)Nc1cc([N+](=O)[O-])ccc1Cl. The Bertz CT molecular complexity index is 890. The quantitative estimate of drug-likeness (QED) is 0.400. The molecule has 0 aliphatic carbocycles. The molecule has 2 aromatic carbocycles. The molecule has 0 aliphatic rings. The van der Waals surface area contributed by atoms with E-state index in [4.69, 9.17) is 44.3 Å². The zero-order valence-corrected chi connectivity index (χ0v) is 15.7. The Hall–Kier alpha value is -2.55. The number of nitro groups is 1. The minimum atomic E-state index is -0.818. The smallest absolute Gasteiger partial charge is 0.344 e. The molecular weight excluding hydrogens is 423 g/mol. The van der Waals surface area contributed by atoms with Gasteiger partial charge in [0.05, 0.1) is 20.7 Å². The number of ether oxygens (including phenoxy) is 2. The van der Waals surface area contributed by atoms with Crippen molar-refractivity contribution in [3.63, 3.8) is 0 Å². The zero-order valence-electron chi connectivity index (χ0n) is 13.4. The van der Waals surface area contributed by atoms with E-state index in [-0.39, 0.29) is 27.2 Å². The molecule has 8 nitrogen and oxygen atoms in total. The molecule has 27 heavy (non-hydrogen) atoms. The molecule has 0 aliphatic heterocycles. The van der Waals surface area contributed by atoms with Crippen molar-refractivity contribution in [1.29, 1.82) is 0 Å². The number of rotatable bonds is 7. The van der Waals surface area contributed by atoms with Gasteiger partial charge in [-0.1, -0.05) is 34.8 Å². The summed E-state index contributed by atoms with van der Waals surface area (Å²) in [7, 11) is 0. The molecule has 1 amide bonds. The maximum absolute atomic E-state index is 11.8. The van der Waals surface area contributed by atoms with Gasteiger partial charge < -0.3 is 14.8 Å². The Balaban J connectivity index is 1.84. The molecule has 0 atom stereocenters. The van der Waals surface area contributed by atoms with E-state index in [9.17, 15) is 19.7 Å². The highest BCUT2D eigenvalue weighted by molar-refractivity contribution is 6.35. The van der Waals surface area contributed by atoms with Crippen LogP contribution in [-0.4, -0.2) is 30.0 Å². The van der Waals surface area contributed by atoms with E-state index in [0.717, 1.165) is 6.07 Å². The molecule has 2 rings (SSSR count). The number of halogens is 3. The van der Waals surface area contributed by atoms with Crippen LogP contribution in [0.2, 0.25) is 15.1 Å². The summed E-state index contributed by atoms with van der Waals surface area (Å²) in [5.74, 6) is -1.32. The second kappa shape index (κ2) is 9.40. The van der Waals surface area contributed by atoms with Crippen LogP contribution < -0.4 is 10.1 Å². The highest BCUT2D eigenvalue weighted by Gasteiger charge is 2.14. The van der Waals surface area contributed by atoms with Gasteiger partial charge in [-0.05, 0) is 24.3 Å². The van der Waals surface area contributed by atoms with Gasteiger partial charge in [0.2, 0.25) is 0 Å². The molecule has 2 aromatic rings. The topological polar surface area (TPSA) is 108 Å². The van der Waals surface area contributed by atoms with Gasteiger partial charge >= 0.3 is 5.97 Å². The van der Waals surface area contributed by atoms with Gasteiger partial charge in [-0.15, -0.1) is 0 Å². The first-order valence-corrected chi connectivity index (χ1v) is 8.37. The first-order valence-electron chi connectivity index (χ1n) is 7.23. The third-order valence-electron chi connectivity index (χ3n) is 3.04. The van der Waals surface area contributed by atoms with Crippen molar-refractivity contribution in [1.82, 2.24) is 0 Å². The molecule has 0 fully saturated rings. The fourth-order valence-electron chi connectivity index (χ4n) is 1.83. The van der Waals surface area contributed by atoms with Crippen molar-refractivity contribution in [2.24, 2.45) is 0 Å². The highest BCUT2D eigenvalue weighted by atomic mass is 35.5. The number of carbonyl (C=O) groups excluding carboxylic acids is 2. The van der Waals surface area contributed by atoms with Crippen LogP contribution in [0.25, 0.3) is 0 Å². The minimum absolute atomic E-state index is 0.0242. The van der Waals surface area contributed by atoms with E-state index in [0.29, 0.717) is 5.02 Å². The Morgan fingerprint density at radius 1 is 1.04 bits per heavy atom. The summed E-state index contributed by atoms with van der Waals surface area (Å²) in [6.07, 6.45) is 0. The van der Waals surface area contributed by atoms with Gasteiger partial charge in [0.25, 0.3) is 11.6 Å². The number of benzene rings is 2. The lowest BCUT2D eigenvalue weighted by molar-refractivity contribution is -0.384. The first kappa shape index (κ1) is 20.8. The zero-order chi connectivity index (χ0) is 20.0. The van der Waals surface area contributed by atoms with Gasteiger partial charge in [0.1, 0.15) is 5.75 Å². The number of hydrogen-bond donors (Lipinski definition) is 1. The van der Waals surface area contributed by atoms with Crippen LogP contribution in [0.15, 0.2) is 36.4 Å². The van der Waals surface area contributed by atoms with Crippen molar-refractivity contribution < 1.29 is 24.0 Å². The molecule has 11 heteroatoms. The average Bonchev–Trinajstić information content (AvgIpc) is 2.61. The van der Waals surface area contributed by atoms with Crippen LogP contribution in [0.3, 0.4) is 0 Å². The van der Waals surface area contributed by atoms with E-state index in [1.165, 1.54) is 30.3 Å². The number of nitrogens with one attached hydrogen (secondary N) is 1. The van der Waals surface area contributed by atoms with E-state index in [1.54, 1.807) is 0 Å². The minimum Gasteiger partial charge on any atom is -0.480 e. The lowest BCUT2D eigenvalue weighted by Gasteiger charge is -2.09. The normalized spacial score (nSPS) is 10.2. The summed E-state index contributed by atoms with van der Waals surface area (Å²) in [6, 6.07) is 8.01. The number of hydrogen-bond acceptors (Lipinski definition) is 6. The van der Waals surface area contributed by atoms with Gasteiger partial charge in [0.15, 0.2) is 13.2 Å². The summed E-state index contributed by atoms with van der Waals surface area (Å²) in [5, 5.41) is 13.8. The van der Waals surface area contributed by atoms with Crippen LogP contribution in [0.4, 0.5) is 11.4 Å². The second-order valence-corrected chi connectivity index (χ2v) is 6.24. The Labute approximate surface area is 168 Å². The summed E-state index contributed by atoms with van der Waals surface area (Å²) >= 11 is 17.5. The van der Waals surface area contributed by atoms with E-state index in [1.807, 2.05) is 0 Å². The Morgan fingerprint density at radius 3 is 2.44 bits per heavy atom. The lowest BCUT2D eigenvalue weighted by Crippen LogP contribution is -2.23. The third-order valence-corrected chi connectivity index (χ3v) is 3.90. The molecule has 142 valence electrons. The highest BCUT2D eigenvalue weighted by Crippen LogP contribution is 2.28. The number of amides is 1. The fourth-order valence-corrected chi connectivity index (χ4v) is 2.45. The summed E-state index contributed by atoms with van der Waals surface area (Å²) in [6.45, 7) is -1.11. The maximum Gasteiger partial charge on any atom is 0.344 e. The second-order valence-electron chi connectivity index (χ2n) is 4.99. The van der Waals surface area contributed by atoms with Crippen molar-refractivity contribution in [2.45, 2.75) is 0 Å². The first-order chi connectivity index (χ1) is 12.8. The maximum atomic E-state index is 11.8. The van der Waals surface area contributed by atoms with E-state index < -0.39 is 30.0 Å². The molecule has 1 N–H and O–H groups in total. The number of nitrogens with zero attached hydrogens (tertiary/aromatic N) is 1. The van der Waals surface area contributed by atoms with E-state index in [2.05, 4.69) is 5.32 Å². The summed E-state index contributed by atoms with van der Waals surface area (Å²) in [4.78, 5) is 33.6. The van der Waals surface area contributed by atoms with Crippen molar-refractivity contribution >= 4 is 58.1 Å². The Morgan fingerprint density at radius 2 is 1.78 bits per heavy atom. The molecule has 0 heterocycles. The fraction of sp³-hybridized carbons (Fsp3) is 0.125. The molecule has 0 radical (unpaired) electrons. The van der Waals surface area contributed by atoms with Crippen molar-refractivity contribution in [3.8, 4) is 5.75 Å². The largest absolute Gasteiger partial charge is 0.480 e. The number of anilines is 1. The van der Waals surface area contributed by atoms with Gasteiger partial charge in [0, 0.05) is 17.2 Å². The predicted molar refractivity (Wildman–Crippen MR) is 99.7 cm³/mol. The molecule has 0 unspecified atom stereocenters. The molecule has 0 saturated heterocycles. The van der Waals surface area contributed by atoms with Gasteiger partial charge in [-0.3, -0.25) is 14.9 Å². The van der Waals surface area contributed by atoms with Crippen LogP contribution in [0, 0.1) is 10.1 Å². The predicted octanol–water partition coefficient (Wildman–Crippen LogP) is 4.12. The van der Waals surface area contributed by atoms with Crippen LogP contribution in [-0.2, 0) is 14.3 Å². The van der Waals surface area contributed by atoms with Gasteiger partial charge in [-0.2, -0.15) is 0 Å². The number of non-ortho nitro benzene ring substituents is 1. The molecule has 0 saturated carbocycles. The molecule has 0 bridgehead atoms. The standard InChI is InChI=1S/C16H11Cl3N2O6/c17-9-1-4-14(12(19)5-9)26-8-16(23)27-7-15(22)20-13-6-10(21(24)25)2-3-11(13)18/h1-6H,7-8H2,(H,20,22). The number of esters is 1. The monoisotopic (exact) mass is 432 g/mol. The van der Waals surface area contributed by atoms with Crippen LogP contribution >= 0.6 is 34.8 Å². The van der Waals surface area contributed by atoms with Crippen LogP contribution in [0.5, 0.6) is 5.75 Å². The number of nitro benzene ring substituents is 1. The van der Waals surface area contributed by atoms with E-state index >= 15 is 0 Å². The summed E-state index contributed by atoms with van der Waals surface area (Å²) < 4.78 is 9.93. The van der Waals surface area contributed by atoms with Crippen LogP contribution in [0.1, 0.15) is 0 Å². The van der Waals surface area contributed by atoms with Crippen molar-refractivity contribution in [3.05, 3.63) is 61.6 Å². The summed E-state index contributed by atoms with van der Waals surface area (Å²) in [5.41, 5.74) is -0.226.